The average Bonchev–Trinajstić information content (AvgIpc) is 3.23. The van der Waals surface area contributed by atoms with Crippen molar-refractivity contribution in [3.8, 4) is 0 Å². The third kappa shape index (κ3) is 4.56. The summed E-state index contributed by atoms with van der Waals surface area (Å²) in [6.07, 6.45) is 2.52. The van der Waals surface area contributed by atoms with Crippen molar-refractivity contribution in [2.75, 3.05) is 5.88 Å². The molecule has 0 radical (unpaired) electrons. The molecule has 0 aliphatic heterocycles. The molecular weight excluding hydrogens is 264 g/mol. The van der Waals surface area contributed by atoms with Gasteiger partial charge in [0, 0.05) is 12.5 Å². The Morgan fingerprint density at radius 1 is 1.26 bits per heavy atom. The summed E-state index contributed by atoms with van der Waals surface area (Å²) < 4.78 is 0. The van der Waals surface area contributed by atoms with Crippen LogP contribution in [0.5, 0.6) is 0 Å². The highest BCUT2D eigenvalue weighted by molar-refractivity contribution is 6.27. The van der Waals surface area contributed by atoms with Gasteiger partial charge in [-0.05, 0) is 18.4 Å². The van der Waals surface area contributed by atoms with E-state index in [1.54, 1.807) is 0 Å². The Bertz CT molecular complexity index is 446. The maximum Gasteiger partial charge on any atom is 0.243 e. The number of benzene rings is 1. The molecule has 0 spiro atoms. The predicted molar refractivity (Wildman–Crippen MR) is 74.0 cm³/mol. The Morgan fingerprint density at radius 3 is 2.53 bits per heavy atom. The predicted octanol–water partition coefficient (Wildman–Crippen LogP) is 1.23. The first-order valence-corrected chi connectivity index (χ1v) is 6.92. The van der Waals surface area contributed by atoms with Crippen LogP contribution in [0, 0.1) is 0 Å². The second-order valence-electron chi connectivity index (χ2n) is 4.73. The lowest BCUT2D eigenvalue weighted by Gasteiger charge is -2.18. The van der Waals surface area contributed by atoms with E-state index in [0.29, 0.717) is 6.42 Å². The number of carbonyl (C=O) groups excluding carboxylic acids is 2. The maximum atomic E-state index is 12.1. The van der Waals surface area contributed by atoms with E-state index in [0.717, 1.165) is 18.4 Å². The molecule has 19 heavy (non-hydrogen) atoms. The van der Waals surface area contributed by atoms with E-state index in [9.17, 15) is 9.59 Å². The van der Waals surface area contributed by atoms with Gasteiger partial charge in [0.25, 0.3) is 0 Å². The number of halogens is 1. The molecule has 1 aliphatic carbocycles. The van der Waals surface area contributed by atoms with E-state index in [1.165, 1.54) is 0 Å². The molecule has 0 aromatic heterocycles. The number of alkyl halides is 1. The van der Waals surface area contributed by atoms with Crippen LogP contribution >= 0.6 is 11.6 Å². The van der Waals surface area contributed by atoms with Gasteiger partial charge in [-0.3, -0.25) is 9.59 Å². The van der Waals surface area contributed by atoms with Crippen molar-refractivity contribution >= 4 is 23.4 Å². The molecule has 2 rings (SSSR count). The molecule has 1 saturated carbocycles. The SMILES string of the molecule is O=C(CCl)NC(Cc1ccccc1)C(=O)NC1CC1. The van der Waals surface area contributed by atoms with Crippen LogP contribution in [0.4, 0.5) is 0 Å². The molecule has 1 atom stereocenters. The van der Waals surface area contributed by atoms with E-state index in [-0.39, 0.29) is 23.7 Å². The smallest absolute Gasteiger partial charge is 0.243 e. The zero-order chi connectivity index (χ0) is 13.7. The fourth-order valence-electron chi connectivity index (χ4n) is 1.82. The third-order valence-corrected chi connectivity index (χ3v) is 3.22. The maximum absolute atomic E-state index is 12.1. The molecule has 0 bridgehead atoms. The first-order valence-electron chi connectivity index (χ1n) is 6.38. The average molecular weight is 281 g/mol. The minimum absolute atomic E-state index is 0.134. The van der Waals surface area contributed by atoms with Gasteiger partial charge in [0.2, 0.25) is 11.8 Å². The minimum atomic E-state index is -0.561. The monoisotopic (exact) mass is 280 g/mol. The van der Waals surface area contributed by atoms with Crippen LogP contribution in [-0.2, 0) is 16.0 Å². The molecule has 0 heterocycles. The van der Waals surface area contributed by atoms with E-state index >= 15 is 0 Å². The number of nitrogens with one attached hydrogen (secondary N) is 2. The number of rotatable bonds is 6. The van der Waals surface area contributed by atoms with Crippen molar-refractivity contribution < 1.29 is 9.59 Å². The number of hydrogen-bond donors (Lipinski definition) is 2. The van der Waals surface area contributed by atoms with E-state index in [4.69, 9.17) is 11.6 Å². The van der Waals surface area contributed by atoms with Gasteiger partial charge < -0.3 is 10.6 Å². The van der Waals surface area contributed by atoms with E-state index < -0.39 is 6.04 Å². The lowest BCUT2D eigenvalue weighted by molar-refractivity contribution is -0.128. The lowest BCUT2D eigenvalue weighted by Crippen LogP contribution is -2.49. The van der Waals surface area contributed by atoms with Gasteiger partial charge >= 0.3 is 0 Å². The van der Waals surface area contributed by atoms with Gasteiger partial charge in [-0.25, -0.2) is 0 Å². The van der Waals surface area contributed by atoms with Crippen molar-refractivity contribution in [2.24, 2.45) is 0 Å². The molecule has 1 aromatic carbocycles. The first kappa shape index (κ1) is 13.9. The van der Waals surface area contributed by atoms with Gasteiger partial charge in [0.1, 0.15) is 11.9 Å². The van der Waals surface area contributed by atoms with Crippen molar-refractivity contribution in [3.05, 3.63) is 35.9 Å². The molecule has 1 aromatic rings. The fourth-order valence-corrected chi connectivity index (χ4v) is 1.90. The Balaban J connectivity index is 1.99. The minimum Gasteiger partial charge on any atom is -0.352 e. The normalized spacial score (nSPS) is 15.6. The Morgan fingerprint density at radius 2 is 1.95 bits per heavy atom. The zero-order valence-corrected chi connectivity index (χ0v) is 11.3. The van der Waals surface area contributed by atoms with E-state index in [1.807, 2.05) is 30.3 Å². The van der Waals surface area contributed by atoms with Gasteiger partial charge in [-0.15, -0.1) is 11.6 Å². The van der Waals surface area contributed by atoms with Crippen molar-refractivity contribution in [1.29, 1.82) is 0 Å². The van der Waals surface area contributed by atoms with Crippen LogP contribution in [0.15, 0.2) is 30.3 Å². The molecule has 4 nitrogen and oxygen atoms in total. The molecule has 102 valence electrons. The Hall–Kier alpha value is -1.55. The fraction of sp³-hybridized carbons (Fsp3) is 0.429. The first-order chi connectivity index (χ1) is 9.19. The zero-order valence-electron chi connectivity index (χ0n) is 10.6. The van der Waals surface area contributed by atoms with Crippen LogP contribution in [0.2, 0.25) is 0 Å². The van der Waals surface area contributed by atoms with Crippen molar-refractivity contribution in [3.63, 3.8) is 0 Å². The summed E-state index contributed by atoms with van der Waals surface area (Å²) in [6.45, 7) is 0. The molecule has 1 fully saturated rings. The number of hydrogen-bond acceptors (Lipinski definition) is 2. The highest BCUT2D eigenvalue weighted by Gasteiger charge is 2.28. The molecular formula is C14H17ClN2O2. The Kier molecular flexibility index (Phi) is 4.80. The van der Waals surface area contributed by atoms with Gasteiger partial charge in [-0.1, -0.05) is 30.3 Å². The summed E-state index contributed by atoms with van der Waals surface area (Å²) in [5.41, 5.74) is 1.01. The standard InChI is InChI=1S/C14H17ClN2O2/c15-9-13(18)17-12(14(19)16-11-6-7-11)8-10-4-2-1-3-5-10/h1-5,11-12H,6-9H2,(H,16,19)(H,17,18). The number of amides is 2. The van der Waals surface area contributed by atoms with Gasteiger partial charge in [-0.2, -0.15) is 0 Å². The van der Waals surface area contributed by atoms with Gasteiger partial charge in [0.15, 0.2) is 0 Å². The summed E-state index contributed by atoms with van der Waals surface area (Å²) in [4.78, 5) is 23.5. The van der Waals surface area contributed by atoms with Crippen LogP contribution in [0.1, 0.15) is 18.4 Å². The second-order valence-corrected chi connectivity index (χ2v) is 4.99. The van der Waals surface area contributed by atoms with E-state index in [2.05, 4.69) is 10.6 Å². The molecule has 1 unspecified atom stereocenters. The lowest BCUT2D eigenvalue weighted by atomic mass is 10.1. The molecule has 0 saturated heterocycles. The highest BCUT2D eigenvalue weighted by atomic mass is 35.5. The summed E-state index contributed by atoms with van der Waals surface area (Å²) in [6, 6.07) is 9.32. The second kappa shape index (κ2) is 6.57. The van der Waals surface area contributed by atoms with Crippen LogP contribution in [0.3, 0.4) is 0 Å². The largest absolute Gasteiger partial charge is 0.352 e. The Labute approximate surface area is 117 Å². The quantitative estimate of drug-likeness (QED) is 0.770. The molecule has 2 amide bonds. The summed E-state index contributed by atoms with van der Waals surface area (Å²) >= 11 is 5.48. The molecule has 2 N–H and O–H groups in total. The number of carbonyl (C=O) groups is 2. The van der Waals surface area contributed by atoms with Crippen molar-refractivity contribution in [2.45, 2.75) is 31.3 Å². The summed E-state index contributed by atoms with van der Waals surface area (Å²) in [5, 5.41) is 5.57. The highest BCUT2D eigenvalue weighted by Crippen LogP contribution is 2.19. The molecule has 5 heteroatoms. The van der Waals surface area contributed by atoms with Crippen molar-refractivity contribution in [1.82, 2.24) is 10.6 Å². The topological polar surface area (TPSA) is 58.2 Å². The summed E-state index contributed by atoms with van der Waals surface area (Å²) in [7, 11) is 0. The third-order valence-electron chi connectivity index (χ3n) is 2.98. The molecule has 1 aliphatic rings. The van der Waals surface area contributed by atoms with Crippen LogP contribution in [-0.4, -0.2) is 29.8 Å². The summed E-state index contributed by atoms with van der Waals surface area (Å²) in [5.74, 6) is -0.597. The van der Waals surface area contributed by atoms with Crippen LogP contribution in [0.25, 0.3) is 0 Å². The van der Waals surface area contributed by atoms with Crippen LogP contribution < -0.4 is 10.6 Å². The van der Waals surface area contributed by atoms with Gasteiger partial charge in [0.05, 0.1) is 0 Å².